The molecule has 0 aliphatic rings. The van der Waals surface area contributed by atoms with Crippen LogP contribution in [-0.4, -0.2) is 4.98 Å². The molecule has 0 saturated heterocycles. The Hall–Kier alpha value is -5.41. The highest BCUT2D eigenvalue weighted by atomic mass is 16.3. The number of nitrogens with zero attached hydrogens (tertiary/aromatic N) is 2. The molecular formula is C37H26N2O. The van der Waals surface area contributed by atoms with Crippen LogP contribution >= 0.6 is 0 Å². The maximum absolute atomic E-state index is 6.10. The number of fused-ring (bicyclic) bond motifs is 1. The monoisotopic (exact) mass is 514 g/mol. The van der Waals surface area contributed by atoms with E-state index in [-0.39, 0.29) is 0 Å². The van der Waals surface area contributed by atoms with Crippen LogP contribution in [0.3, 0.4) is 0 Å². The Labute approximate surface area is 233 Å². The van der Waals surface area contributed by atoms with Crippen LogP contribution in [0.25, 0.3) is 44.8 Å². The fourth-order valence-corrected chi connectivity index (χ4v) is 5.09. The minimum Gasteiger partial charge on any atom is -0.436 e. The maximum Gasteiger partial charge on any atom is 0.227 e. The van der Waals surface area contributed by atoms with E-state index in [0.717, 1.165) is 33.7 Å². The Bertz CT molecular complexity index is 1760. The molecule has 0 N–H and O–H groups in total. The second-order valence-electron chi connectivity index (χ2n) is 9.70. The van der Waals surface area contributed by atoms with E-state index in [9.17, 15) is 0 Å². The zero-order valence-electron chi connectivity index (χ0n) is 21.8. The van der Waals surface area contributed by atoms with Gasteiger partial charge in [0.15, 0.2) is 5.58 Å². The van der Waals surface area contributed by atoms with Crippen LogP contribution in [0.2, 0.25) is 0 Å². The van der Waals surface area contributed by atoms with Crippen molar-refractivity contribution in [1.82, 2.24) is 4.98 Å². The summed E-state index contributed by atoms with van der Waals surface area (Å²) in [6, 6.07) is 54.6. The maximum atomic E-state index is 6.10. The van der Waals surface area contributed by atoms with E-state index in [0.29, 0.717) is 5.89 Å². The van der Waals surface area contributed by atoms with E-state index < -0.39 is 0 Å². The molecule has 0 atom stereocenters. The molecule has 0 spiro atoms. The summed E-state index contributed by atoms with van der Waals surface area (Å²) in [6.07, 6.45) is 0. The summed E-state index contributed by atoms with van der Waals surface area (Å²) in [7, 11) is 0. The lowest BCUT2D eigenvalue weighted by atomic mass is 10.0. The van der Waals surface area contributed by atoms with E-state index in [2.05, 4.69) is 120 Å². The van der Waals surface area contributed by atoms with E-state index in [1.807, 2.05) is 42.5 Å². The lowest BCUT2D eigenvalue weighted by molar-refractivity contribution is 0.620. The van der Waals surface area contributed by atoms with Gasteiger partial charge >= 0.3 is 0 Å². The molecule has 190 valence electrons. The lowest BCUT2D eigenvalue weighted by Gasteiger charge is -2.26. The minimum atomic E-state index is 0.613. The molecular weight excluding hydrogens is 488 g/mol. The number of hydrogen-bond donors (Lipinski definition) is 0. The molecule has 3 nitrogen and oxygen atoms in total. The van der Waals surface area contributed by atoms with Crippen LogP contribution in [0.5, 0.6) is 0 Å². The molecule has 0 amide bonds. The molecule has 7 aromatic rings. The number of anilines is 3. The highest BCUT2D eigenvalue weighted by Crippen LogP contribution is 2.38. The Morgan fingerprint density at radius 2 is 0.900 bits per heavy atom. The molecule has 7 rings (SSSR count). The van der Waals surface area contributed by atoms with Gasteiger partial charge in [-0.05, 0) is 76.9 Å². The van der Waals surface area contributed by atoms with Crippen molar-refractivity contribution >= 4 is 28.2 Å². The molecule has 6 aromatic carbocycles. The number of benzene rings is 6. The third-order valence-corrected chi connectivity index (χ3v) is 7.11. The molecule has 1 aromatic heterocycles. The Kier molecular flexibility index (Phi) is 6.15. The van der Waals surface area contributed by atoms with Crippen molar-refractivity contribution in [3.05, 3.63) is 158 Å². The van der Waals surface area contributed by atoms with Crippen molar-refractivity contribution in [2.75, 3.05) is 4.90 Å². The number of aromatic nitrogens is 1. The van der Waals surface area contributed by atoms with Crippen LogP contribution in [0, 0.1) is 0 Å². The summed E-state index contributed by atoms with van der Waals surface area (Å²) < 4.78 is 6.10. The van der Waals surface area contributed by atoms with E-state index in [1.54, 1.807) is 0 Å². The Balaban J connectivity index is 1.31. The number of para-hydroxylation sites is 2. The van der Waals surface area contributed by atoms with Gasteiger partial charge in [0, 0.05) is 22.6 Å². The summed E-state index contributed by atoms with van der Waals surface area (Å²) in [4.78, 5) is 7.01. The van der Waals surface area contributed by atoms with Gasteiger partial charge in [0.05, 0.1) is 0 Å². The molecule has 0 aliphatic carbocycles. The average Bonchev–Trinajstić information content (AvgIpc) is 3.48. The van der Waals surface area contributed by atoms with Gasteiger partial charge in [-0.2, -0.15) is 0 Å². The first-order valence-corrected chi connectivity index (χ1v) is 13.4. The predicted molar refractivity (Wildman–Crippen MR) is 165 cm³/mol. The fourth-order valence-electron chi connectivity index (χ4n) is 5.09. The van der Waals surface area contributed by atoms with E-state index in [4.69, 9.17) is 9.40 Å². The second-order valence-corrected chi connectivity index (χ2v) is 9.70. The predicted octanol–water partition coefficient (Wildman–Crippen LogP) is 10.3. The quantitative estimate of drug-likeness (QED) is 0.221. The van der Waals surface area contributed by atoms with Gasteiger partial charge in [-0.25, -0.2) is 4.98 Å². The highest BCUT2D eigenvalue weighted by Gasteiger charge is 2.16. The zero-order valence-corrected chi connectivity index (χ0v) is 21.8. The molecule has 0 unspecified atom stereocenters. The van der Waals surface area contributed by atoms with Gasteiger partial charge in [-0.1, -0.05) is 103 Å². The van der Waals surface area contributed by atoms with Gasteiger partial charge in [0.25, 0.3) is 0 Å². The van der Waals surface area contributed by atoms with E-state index >= 15 is 0 Å². The van der Waals surface area contributed by atoms with Crippen LogP contribution in [0.15, 0.2) is 162 Å². The van der Waals surface area contributed by atoms with Gasteiger partial charge < -0.3 is 9.32 Å². The standard InChI is InChI=1S/C37H26N2O/c1-3-10-27(11-4-1)29-18-22-32(23-19-29)39(33-24-20-30(21-25-33)28-12-5-2-6-13-28)34-15-9-14-31(26-34)37-38-35-16-7-8-17-36(35)40-37/h1-26H. The Morgan fingerprint density at radius 1 is 0.400 bits per heavy atom. The normalized spacial score (nSPS) is 11.0. The van der Waals surface area contributed by atoms with Gasteiger partial charge in [0.1, 0.15) is 5.52 Å². The summed E-state index contributed by atoms with van der Waals surface area (Å²) >= 11 is 0. The van der Waals surface area contributed by atoms with Crippen LogP contribution < -0.4 is 4.90 Å². The van der Waals surface area contributed by atoms with Crippen LogP contribution in [0.4, 0.5) is 17.1 Å². The average molecular weight is 515 g/mol. The molecule has 0 fully saturated rings. The van der Waals surface area contributed by atoms with Crippen molar-refractivity contribution in [3.63, 3.8) is 0 Å². The first-order chi connectivity index (χ1) is 19.8. The lowest BCUT2D eigenvalue weighted by Crippen LogP contribution is -2.10. The minimum absolute atomic E-state index is 0.613. The number of rotatable bonds is 6. The van der Waals surface area contributed by atoms with Crippen LogP contribution in [-0.2, 0) is 0 Å². The topological polar surface area (TPSA) is 29.3 Å². The van der Waals surface area contributed by atoms with Crippen molar-refractivity contribution in [1.29, 1.82) is 0 Å². The van der Waals surface area contributed by atoms with Gasteiger partial charge in [-0.15, -0.1) is 0 Å². The molecule has 40 heavy (non-hydrogen) atoms. The molecule has 1 heterocycles. The van der Waals surface area contributed by atoms with Crippen LogP contribution in [0.1, 0.15) is 0 Å². The van der Waals surface area contributed by atoms with Crippen molar-refractivity contribution in [2.45, 2.75) is 0 Å². The molecule has 0 saturated carbocycles. The first kappa shape index (κ1) is 23.7. The summed E-state index contributed by atoms with van der Waals surface area (Å²) in [5.41, 5.74) is 10.5. The van der Waals surface area contributed by atoms with Crippen molar-refractivity contribution < 1.29 is 4.42 Å². The fraction of sp³-hybridized carbons (Fsp3) is 0. The second kappa shape index (κ2) is 10.4. The summed E-state index contributed by atoms with van der Waals surface area (Å²) in [6.45, 7) is 0. The highest BCUT2D eigenvalue weighted by molar-refractivity contribution is 5.82. The summed E-state index contributed by atoms with van der Waals surface area (Å²) in [5.74, 6) is 0.613. The van der Waals surface area contributed by atoms with Gasteiger partial charge in [0.2, 0.25) is 5.89 Å². The number of oxazole rings is 1. The largest absolute Gasteiger partial charge is 0.436 e. The number of hydrogen-bond acceptors (Lipinski definition) is 3. The van der Waals surface area contributed by atoms with Crippen molar-refractivity contribution in [3.8, 4) is 33.7 Å². The zero-order chi connectivity index (χ0) is 26.7. The SMILES string of the molecule is c1ccc(-c2ccc(N(c3ccc(-c4ccccc4)cc3)c3cccc(-c4nc5ccccc5o4)c3)cc2)cc1. The Morgan fingerprint density at radius 3 is 1.48 bits per heavy atom. The van der Waals surface area contributed by atoms with E-state index in [1.165, 1.54) is 22.3 Å². The molecule has 0 radical (unpaired) electrons. The molecule has 0 bridgehead atoms. The summed E-state index contributed by atoms with van der Waals surface area (Å²) in [5, 5.41) is 0. The molecule has 0 aliphatic heterocycles. The van der Waals surface area contributed by atoms with Gasteiger partial charge in [-0.3, -0.25) is 0 Å². The third-order valence-electron chi connectivity index (χ3n) is 7.11. The molecule has 3 heteroatoms. The first-order valence-electron chi connectivity index (χ1n) is 13.4. The smallest absolute Gasteiger partial charge is 0.227 e. The third kappa shape index (κ3) is 4.65. The van der Waals surface area contributed by atoms with Crippen molar-refractivity contribution in [2.24, 2.45) is 0 Å².